The zero-order valence-corrected chi connectivity index (χ0v) is 13.1. The van der Waals surface area contributed by atoms with Crippen molar-refractivity contribution in [3.05, 3.63) is 19.1 Å². The number of ether oxygens (including phenoxy) is 1. The first-order chi connectivity index (χ1) is 8.42. The molecule has 5 nitrogen and oxygen atoms in total. The summed E-state index contributed by atoms with van der Waals surface area (Å²) in [5.74, 6) is -0.335. The molecule has 0 atom stereocenters. The molecule has 0 N–H and O–H groups in total. The van der Waals surface area contributed by atoms with E-state index in [4.69, 9.17) is 13.3 Å². The van der Waals surface area contributed by atoms with Gasteiger partial charge in [-0.2, -0.15) is 0 Å². The molecule has 0 unspecified atom stereocenters. The van der Waals surface area contributed by atoms with Crippen LogP contribution in [0.25, 0.3) is 0 Å². The van der Waals surface area contributed by atoms with Gasteiger partial charge < -0.3 is 18.0 Å². The van der Waals surface area contributed by atoms with E-state index in [0.29, 0.717) is 18.6 Å². The Morgan fingerprint density at radius 2 is 1.61 bits per heavy atom. The molecule has 0 fully saturated rings. The van der Waals surface area contributed by atoms with Crippen LogP contribution < -0.4 is 0 Å². The van der Waals surface area contributed by atoms with E-state index in [9.17, 15) is 4.79 Å². The maximum absolute atomic E-state index is 10.6. The highest BCUT2D eigenvalue weighted by atomic mass is 28.4. The Kier molecular flexibility index (Phi) is 12.4. The van der Waals surface area contributed by atoms with E-state index in [-0.39, 0.29) is 5.97 Å². The van der Waals surface area contributed by atoms with E-state index in [2.05, 4.69) is 18.2 Å². The molecule has 0 aliphatic heterocycles. The summed E-state index contributed by atoms with van der Waals surface area (Å²) in [5, 5.41) is 0. The summed E-state index contributed by atoms with van der Waals surface area (Å²) in [7, 11) is 2.65. The van der Waals surface area contributed by atoms with Crippen LogP contribution in [0.15, 0.2) is 12.2 Å². The number of hydrogen-bond acceptors (Lipinski definition) is 5. The number of carbonyl (C=O) groups excluding carboxylic acids is 1. The van der Waals surface area contributed by atoms with Crippen molar-refractivity contribution in [2.24, 2.45) is 0 Å². The number of esters is 1. The monoisotopic (exact) mass is 277 g/mol. The van der Waals surface area contributed by atoms with Gasteiger partial charge in [-0.3, -0.25) is 0 Å². The van der Waals surface area contributed by atoms with Crippen LogP contribution in [-0.4, -0.2) is 42.7 Å². The maximum Gasteiger partial charge on any atom is 0.499 e. The molecule has 0 aromatic rings. The Balaban J connectivity index is 0. The molecule has 0 heterocycles. The van der Waals surface area contributed by atoms with Crippen LogP contribution in [-0.2, 0) is 22.8 Å². The minimum atomic E-state index is -2.19. The predicted octanol–water partition coefficient (Wildman–Crippen LogP) is 2.21. The average Bonchev–Trinajstić information content (AvgIpc) is 2.40. The van der Waals surface area contributed by atoms with Gasteiger partial charge in [-0.1, -0.05) is 13.5 Å². The molecule has 0 saturated carbocycles. The van der Waals surface area contributed by atoms with Crippen LogP contribution in [0.2, 0.25) is 6.04 Å². The number of carbonyl (C=O) groups is 1. The zero-order chi connectivity index (χ0) is 14.6. The zero-order valence-electron chi connectivity index (χ0n) is 12.1. The molecular weight excluding hydrogens is 252 g/mol. The third-order valence-corrected chi connectivity index (χ3v) is 4.82. The first-order valence-electron chi connectivity index (χ1n) is 5.70. The molecule has 0 aromatic heterocycles. The van der Waals surface area contributed by atoms with Crippen molar-refractivity contribution in [2.45, 2.75) is 26.3 Å². The molecule has 0 rings (SSSR count). The van der Waals surface area contributed by atoms with E-state index < -0.39 is 8.80 Å². The maximum atomic E-state index is 10.6. The van der Waals surface area contributed by atoms with Crippen molar-refractivity contribution in [1.82, 2.24) is 0 Å². The Morgan fingerprint density at radius 1 is 1.17 bits per heavy atom. The van der Waals surface area contributed by atoms with Crippen molar-refractivity contribution in [3.8, 4) is 0 Å². The van der Waals surface area contributed by atoms with Crippen LogP contribution in [0.4, 0.5) is 0 Å². The van der Waals surface area contributed by atoms with Crippen molar-refractivity contribution in [2.75, 3.05) is 27.9 Å². The van der Waals surface area contributed by atoms with Crippen LogP contribution >= 0.6 is 0 Å². The summed E-state index contributed by atoms with van der Waals surface area (Å²) >= 11 is 0. The Bertz CT molecular complexity index is 221. The van der Waals surface area contributed by atoms with Gasteiger partial charge in [-0.15, -0.1) is 0 Å². The minimum absolute atomic E-state index is 0.335. The lowest BCUT2D eigenvalue weighted by Crippen LogP contribution is -2.41. The molecule has 6 heteroatoms. The lowest BCUT2D eigenvalue weighted by Gasteiger charge is -2.22. The fourth-order valence-corrected chi connectivity index (χ4v) is 2.34. The van der Waals surface area contributed by atoms with E-state index in [1.807, 2.05) is 6.92 Å². The van der Waals surface area contributed by atoms with Gasteiger partial charge in [-0.05, 0) is 20.3 Å². The third-order valence-electron chi connectivity index (χ3n) is 2.09. The molecule has 0 aliphatic carbocycles. The van der Waals surface area contributed by atoms with E-state index >= 15 is 0 Å². The summed E-state index contributed by atoms with van der Waals surface area (Å²) in [6.07, 6.45) is 0.610. The lowest BCUT2D eigenvalue weighted by atomic mass is 10.4. The molecule has 0 spiro atoms. The van der Waals surface area contributed by atoms with E-state index in [1.165, 1.54) is 0 Å². The largest absolute Gasteiger partial charge is 0.499 e. The highest BCUT2D eigenvalue weighted by molar-refractivity contribution is 6.60. The molecule has 0 aliphatic rings. The first kappa shape index (κ1) is 19.6. The highest BCUT2D eigenvalue weighted by Crippen LogP contribution is 2.10. The average molecular weight is 277 g/mol. The normalized spacial score (nSPS) is 10.3. The van der Waals surface area contributed by atoms with Crippen LogP contribution in [0, 0.1) is 6.92 Å². The van der Waals surface area contributed by atoms with Gasteiger partial charge in [0.25, 0.3) is 0 Å². The predicted molar refractivity (Wildman–Crippen MR) is 73.0 cm³/mol. The van der Waals surface area contributed by atoms with Crippen LogP contribution in [0.1, 0.15) is 20.3 Å². The molecule has 0 amide bonds. The standard InChI is InChI=1S/C7H11O2.C5H14O3Si/c1-4-5-9-7(8)6(2)3;1-5-9(6-2,7-3)8-4/h1-2,4-5H2,3H3;5H2,1-4H3. The van der Waals surface area contributed by atoms with Crippen LogP contribution in [0.5, 0.6) is 0 Å². The van der Waals surface area contributed by atoms with Crippen molar-refractivity contribution >= 4 is 14.8 Å². The fourth-order valence-electron chi connectivity index (χ4n) is 0.971. The SMILES string of the molecule is CC[Si](OC)(OC)OC.[CH2]CCOC(=O)C(=C)C. The van der Waals surface area contributed by atoms with Crippen molar-refractivity contribution < 1.29 is 22.8 Å². The lowest BCUT2D eigenvalue weighted by molar-refractivity contribution is -0.138. The van der Waals surface area contributed by atoms with Crippen molar-refractivity contribution in [1.29, 1.82) is 0 Å². The van der Waals surface area contributed by atoms with E-state index in [0.717, 1.165) is 6.04 Å². The second kappa shape index (κ2) is 11.4. The summed E-state index contributed by atoms with van der Waals surface area (Å²) < 4.78 is 19.9. The van der Waals surface area contributed by atoms with Gasteiger partial charge in [0.2, 0.25) is 0 Å². The second-order valence-corrected chi connectivity index (χ2v) is 6.72. The second-order valence-electron chi connectivity index (χ2n) is 3.42. The summed E-state index contributed by atoms with van der Waals surface area (Å²) in [6.45, 7) is 10.9. The third kappa shape index (κ3) is 8.41. The summed E-state index contributed by atoms with van der Waals surface area (Å²) in [5.41, 5.74) is 0.434. The number of rotatable bonds is 7. The Labute approximate surface area is 111 Å². The molecule has 1 radical (unpaired) electrons. The molecule has 18 heavy (non-hydrogen) atoms. The molecule has 0 aromatic carbocycles. The van der Waals surface area contributed by atoms with Gasteiger partial charge in [0.05, 0.1) is 6.61 Å². The molecular formula is C12H25O5Si. The van der Waals surface area contributed by atoms with E-state index in [1.54, 1.807) is 28.3 Å². The first-order valence-corrected chi connectivity index (χ1v) is 7.63. The molecule has 107 valence electrons. The fraction of sp³-hybridized carbons (Fsp3) is 0.667. The quantitative estimate of drug-likeness (QED) is 0.406. The van der Waals surface area contributed by atoms with Gasteiger partial charge in [-0.25, -0.2) is 4.79 Å². The Morgan fingerprint density at radius 3 is 1.78 bits per heavy atom. The number of hydrogen-bond donors (Lipinski definition) is 0. The summed E-state index contributed by atoms with van der Waals surface area (Å²) in [4.78, 5) is 10.6. The van der Waals surface area contributed by atoms with Crippen molar-refractivity contribution in [3.63, 3.8) is 0 Å². The molecule has 0 bridgehead atoms. The van der Waals surface area contributed by atoms with Gasteiger partial charge >= 0.3 is 14.8 Å². The van der Waals surface area contributed by atoms with Gasteiger partial charge in [0.1, 0.15) is 0 Å². The van der Waals surface area contributed by atoms with Gasteiger partial charge in [0, 0.05) is 32.9 Å². The van der Waals surface area contributed by atoms with Crippen LogP contribution in [0.3, 0.4) is 0 Å². The summed E-state index contributed by atoms with van der Waals surface area (Å²) in [6, 6.07) is 0.816. The van der Waals surface area contributed by atoms with Gasteiger partial charge in [0.15, 0.2) is 0 Å². The molecule has 0 saturated heterocycles. The minimum Gasteiger partial charge on any atom is -0.462 e. The smallest absolute Gasteiger partial charge is 0.462 e. The highest BCUT2D eigenvalue weighted by Gasteiger charge is 2.34. The Hall–Kier alpha value is -0.693. The topological polar surface area (TPSA) is 54.0 Å².